The summed E-state index contributed by atoms with van der Waals surface area (Å²) in [4.78, 5) is 24.8. The van der Waals surface area contributed by atoms with Crippen LogP contribution in [0.1, 0.15) is 52.0 Å². The van der Waals surface area contributed by atoms with Crippen molar-refractivity contribution in [3.63, 3.8) is 0 Å². The first-order valence-electron chi connectivity index (χ1n) is 8.28. The highest BCUT2D eigenvalue weighted by molar-refractivity contribution is 6.20. The summed E-state index contributed by atoms with van der Waals surface area (Å²) in [7, 11) is 0. The number of carbonyl (C=O) groups excluding carboxylic acids is 2. The average Bonchev–Trinajstić information content (AvgIpc) is 2.58. The zero-order valence-electron chi connectivity index (χ0n) is 14.3. The van der Waals surface area contributed by atoms with Crippen molar-refractivity contribution in [3.05, 3.63) is 41.5 Å². The van der Waals surface area contributed by atoms with Gasteiger partial charge in [-0.15, -0.1) is 0 Å². The van der Waals surface area contributed by atoms with E-state index in [0.717, 1.165) is 12.0 Å². The van der Waals surface area contributed by atoms with E-state index in [4.69, 9.17) is 9.47 Å². The number of hydrogen-bond acceptors (Lipinski definition) is 4. The van der Waals surface area contributed by atoms with Gasteiger partial charge in [0.15, 0.2) is 0 Å². The lowest BCUT2D eigenvalue weighted by atomic mass is 9.95. The van der Waals surface area contributed by atoms with Crippen LogP contribution < -0.4 is 0 Å². The highest BCUT2D eigenvalue weighted by Crippen LogP contribution is 2.25. The van der Waals surface area contributed by atoms with Gasteiger partial charge in [-0.3, -0.25) is 0 Å². The standard InChI is InChI=1S/C19H26O4/c1-4-10-16(15-11-8-7-9-12-15)17(18(20)22-13-5-2)19(21)23-14-6-3/h7-9,11-12H,4-6,10,13-14H2,1-3H3. The zero-order valence-corrected chi connectivity index (χ0v) is 14.3. The molecule has 23 heavy (non-hydrogen) atoms. The molecule has 4 heteroatoms. The first-order chi connectivity index (χ1) is 11.2. The van der Waals surface area contributed by atoms with Crippen LogP contribution in [0, 0.1) is 0 Å². The van der Waals surface area contributed by atoms with Crippen molar-refractivity contribution >= 4 is 17.5 Å². The van der Waals surface area contributed by atoms with Gasteiger partial charge in [0.25, 0.3) is 0 Å². The molecule has 1 aromatic rings. The van der Waals surface area contributed by atoms with Gasteiger partial charge in [-0.05, 0) is 30.4 Å². The van der Waals surface area contributed by atoms with E-state index >= 15 is 0 Å². The van der Waals surface area contributed by atoms with Gasteiger partial charge in [-0.25, -0.2) is 9.59 Å². The smallest absolute Gasteiger partial charge is 0.345 e. The number of carbonyl (C=O) groups is 2. The van der Waals surface area contributed by atoms with Gasteiger partial charge < -0.3 is 9.47 Å². The van der Waals surface area contributed by atoms with Crippen LogP contribution in [0.4, 0.5) is 0 Å². The normalized spacial score (nSPS) is 10.0. The van der Waals surface area contributed by atoms with Gasteiger partial charge in [-0.2, -0.15) is 0 Å². The first-order valence-corrected chi connectivity index (χ1v) is 8.28. The van der Waals surface area contributed by atoms with E-state index in [1.54, 1.807) is 0 Å². The van der Waals surface area contributed by atoms with Gasteiger partial charge in [0.1, 0.15) is 5.57 Å². The van der Waals surface area contributed by atoms with E-state index in [2.05, 4.69) is 0 Å². The molecule has 0 saturated carbocycles. The van der Waals surface area contributed by atoms with Crippen LogP contribution in [0.3, 0.4) is 0 Å². The van der Waals surface area contributed by atoms with Gasteiger partial charge in [0, 0.05) is 0 Å². The highest BCUT2D eigenvalue weighted by atomic mass is 16.6. The van der Waals surface area contributed by atoms with Crippen molar-refractivity contribution in [2.24, 2.45) is 0 Å². The Morgan fingerprint density at radius 2 is 1.35 bits per heavy atom. The van der Waals surface area contributed by atoms with E-state index in [0.29, 0.717) is 24.8 Å². The van der Waals surface area contributed by atoms with Crippen molar-refractivity contribution in [2.75, 3.05) is 13.2 Å². The molecule has 0 heterocycles. The third kappa shape index (κ3) is 5.89. The predicted molar refractivity (Wildman–Crippen MR) is 90.8 cm³/mol. The summed E-state index contributed by atoms with van der Waals surface area (Å²) in [6.07, 6.45) is 2.84. The predicted octanol–water partition coefficient (Wildman–Crippen LogP) is 4.15. The Bertz CT molecular complexity index is 510. The molecule has 126 valence electrons. The molecule has 0 spiro atoms. The average molecular weight is 318 g/mol. The molecular weight excluding hydrogens is 292 g/mol. The summed E-state index contributed by atoms with van der Waals surface area (Å²) in [5.41, 5.74) is 1.57. The maximum atomic E-state index is 12.4. The van der Waals surface area contributed by atoms with Gasteiger partial charge in [-0.1, -0.05) is 57.5 Å². The van der Waals surface area contributed by atoms with E-state index < -0.39 is 11.9 Å². The van der Waals surface area contributed by atoms with Crippen molar-refractivity contribution in [1.82, 2.24) is 0 Å². The van der Waals surface area contributed by atoms with Crippen LogP contribution >= 0.6 is 0 Å². The monoisotopic (exact) mass is 318 g/mol. The molecule has 1 rings (SSSR count). The summed E-state index contributed by atoms with van der Waals surface area (Å²) < 4.78 is 10.4. The molecule has 4 nitrogen and oxygen atoms in total. The fourth-order valence-electron chi connectivity index (χ4n) is 2.17. The minimum atomic E-state index is -0.597. The van der Waals surface area contributed by atoms with Crippen LogP contribution in [0.2, 0.25) is 0 Å². The van der Waals surface area contributed by atoms with Gasteiger partial charge >= 0.3 is 11.9 Å². The lowest BCUT2D eigenvalue weighted by Crippen LogP contribution is -2.21. The lowest BCUT2D eigenvalue weighted by molar-refractivity contribution is -0.147. The SMILES string of the molecule is CCCOC(=O)C(C(=O)OCCC)=C(CCC)c1ccccc1. The minimum Gasteiger partial charge on any atom is -0.462 e. The van der Waals surface area contributed by atoms with Crippen molar-refractivity contribution < 1.29 is 19.1 Å². The van der Waals surface area contributed by atoms with Crippen LogP contribution in [-0.4, -0.2) is 25.2 Å². The lowest BCUT2D eigenvalue weighted by Gasteiger charge is -2.14. The molecular formula is C19H26O4. The third-order valence-electron chi connectivity index (χ3n) is 3.21. The second-order valence-electron chi connectivity index (χ2n) is 5.24. The Balaban J connectivity index is 3.28. The molecule has 0 atom stereocenters. The molecule has 0 aliphatic rings. The molecule has 0 radical (unpaired) electrons. The van der Waals surface area contributed by atoms with E-state index in [1.165, 1.54) is 0 Å². The number of allylic oxidation sites excluding steroid dienone is 1. The second kappa shape index (κ2) is 10.6. The molecule has 0 aliphatic heterocycles. The Kier molecular flexibility index (Phi) is 8.73. The maximum Gasteiger partial charge on any atom is 0.345 e. The number of benzene rings is 1. The largest absolute Gasteiger partial charge is 0.462 e. The van der Waals surface area contributed by atoms with Gasteiger partial charge in [0.2, 0.25) is 0 Å². The molecule has 0 saturated heterocycles. The Morgan fingerprint density at radius 3 is 1.78 bits per heavy atom. The zero-order chi connectivity index (χ0) is 17.1. The Morgan fingerprint density at radius 1 is 0.826 bits per heavy atom. The number of rotatable bonds is 9. The fraction of sp³-hybridized carbons (Fsp3) is 0.474. The first kappa shape index (κ1) is 18.9. The van der Waals surface area contributed by atoms with Gasteiger partial charge in [0.05, 0.1) is 13.2 Å². The minimum absolute atomic E-state index is 0.0277. The van der Waals surface area contributed by atoms with Crippen molar-refractivity contribution in [3.8, 4) is 0 Å². The number of esters is 2. The topological polar surface area (TPSA) is 52.6 Å². The van der Waals surface area contributed by atoms with Crippen molar-refractivity contribution in [1.29, 1.82) is 0 Å². The molecule has 0 N–H and O–H groups in total. The molecule has 0 fully saturated rings. The molecule has 0 amide bonds. The van der Waals surface area contributed by atoms with Crippen molar-refractivity contribution in [2.45, 2.75) is 46.5 Å². The maximum absolute atomic E-state index is 12.4. The summed E-state index contributed by atoms with van der Waals surface area (Å²) in [5.74, 6) is -1.19. The van der Waals surface area contributed by atoms with E-state index in [9.17, 15) is 9.59 Å². The quantitative estimate of drug-likeness (QED) is 0.297. The fourth-order valence-corrected chi connectivity index (χ4v) is 2.17. The Labute approximate surface area is 138 Å². The number of hydrogen-bond donors (Lipinski definition) is 0. The molecule has 0 aromatic heterocycles. The van der Waals surface area contributed by atoms with Crippen LogP contribution in [0.15, 0.2) is 35.9 Å². The summed E-state index contributed by atoms with van der Waals surface area (Å²) >= 11 is 0. The van der Waals surface area contributed by atoms with Crippen LogP contribution in [0.25, 0.3) is 5.57 Å². The molecule has 0 aliphatic carbocycles. The Hall–Kier alpha value is -2.10. The molecule has 0 unspecified atom stereocenters. The van der Waals surface area contributed by atoms with Crippen LogP contribution in [0.5, 0.6) is 0 Å². The summed E-state index contributed by atoms with van der Waals surface area (Å²) in [6, 6.07) is 9.46. The summed E-state index contributed by atoms with van der Waals surface area (Å²) in [5, 5.41) is 0. The van der Waals surface area contributed by atoms with E-state index in [-0.39, 0.29) is 18.8 Å². The van der Waals surface area contributed by atoms with E-state index in [1.807, 2.05) is 51.1 Å². The molecule has 0 bridgehead atoms. The molecule has 1 aromatic carbocycles. The summed E-state index contributed by atoms with van der Waals surface area (Å²) in [6.45, 7) is 6.41. The second-order valence-corrected chi connectivity index (χ2v) is 5.24. The number of ether oxygens (including phenoxy) is 2. The third-order valence-corrected chi connectivity index (χ3v) is 3.21. The van der Waals surface area contributed by atoms with Crippen LogP contribution in [-0.2, 0) is 19.1 Å². The highest BCUT2D eigenvalue weighted by Gasteiger charge is 2.26.